The minimum Gasteiger partial charge on any atom is -0.396 e. The highest BCUT2D eigenvalue weighted by Gasteiger charge is 2.33. The van der Waals surface area contributed by atoms with Crippen LogP contribution in [0.3, 0.4) is 0 Å². The van der Waals surface area contributed by atoms with Crippen molar-refractivity contribution in [1.29, 1.82) is 0 Å². The molecule has 0 aliphatic carbocycles. The van der Waals surface area contributed by atoms with E-state index >= 15 is 0 Å². The average molecular weight is 184 g/mol. The molecular formula is C10H16OS. The van der Waals surface area contributed by atoms with Gasteiger partial charge in [-0.1, -0.05) is 19.1 Å². The van der Waals surface area contributed by atoms with E-state index in [1.807, 2.05) is 0 Å². The molecule has 1 aliphatic rings. The summed E-state index contributed by atoms with van der Waals surface area (Å²) < 4.78 is 0.112. The third-order valence-electron chi connectivity index (χ3n) is 2.34. The smallest absolute Gasteiger partial charge is 0.0447 e. The first-order chi connectivity index (χ1) is 5.62. The van der Waals surface area contributed by atoms with Crippen LogP contribution in [0, 0.1) is 0 Å². The number of aliphatic hydroxyl groups excluding tert-OH is 1. The topological polar surface area (TPSA) is 20.2 Å². The summed E-state index contributed by atoms with van der Waals surface area (Å²) in [5, 5.41) is 8.92. The fraction of sp³-hybridized carbons (Fsp3) is 0.600. The molecule has 1 heterocycles. The Morgan fingerprint density at radius 3 is 2.83 bits per heavy atom. The van der Waals surface area contributed by atoms with Gasteiger partial charge in [-0.15, -0.1) is 11.8 Å². The minimum absolute atomic E-state index is 0.112. The third kappa shape index (κ3) is 1.75. The van der Waals surface area contributed by atoms with Crippen molar-refractivity contribution in [3.63, 3.8) is 0 Å². The van der Waals surface area contributed by atoms with Crippen molar-refractivity contribution in [2.24, 2.45) is 0 Å². The van der Waals surface area contributed by atoms with Gasteiger partial charge in [0.05, 0.1) is 0 Å². The van der Waals surface area contributed by atoms with E-state index in [1.165, 1.54) is 5.57 Å². The van der Waals surface area contributed by atoms with Crippen LogP contribution in [0.5, 0.6) is 0 Å². The number of rotatable bonds is 3. The average Bonchev–Trinajstić information content (AvgIpc) is 2.26. The van der Waals surface area contributed by atoms with E-state index in [0.717, 1.165) is 17.7 Å². The molecule has 0 amide bonds. The summed E-state index contributed by atoms with van der Waals surface area (Å²) in [7, 11) is 0. The van der Waals surface area contributed by atoms with Gasteiger partial charge in [0.2, 0.25) is 0 Å². The monoisotopic (exact) mass is 184 g/mol. The molecule has 0 aromatic heterocycles. The van der Waals surface area contributed by atoms with Gasteiger partial charge in [-0.3, -0.25) is 0 Å². The lowest BCUT2D eigenvalue weighted by Crippen LogP contribution is -2.21. The second kappa shape index (κ2) is 3.67. The van der Waals surface area contributed by atoms with Gasteiger partial charge in [0.15, 0.2) is 0 Å². The predicted octanol–water partition coefficient (Wildman–Crippen LogP) is 2.72. The zero-order chi connectivity index (χ0) is 9.19. The van der Waals surface area contributed by atoms with E-state index in [-0.39, 0.29) is 11.4 Å². The van der Waals surface area contributed by atoms with Gasteiger partial charge >= 0.3 is 0 Å². The lowest BCUT2D eigenvalue weighted by atomic mass is 9.95. The number of thioether (sulfide) groups is 1. The Bertz CT molecular complexity index is 220. The van der Waals surface area contributed by atoms with Crippen molar-refractivity contribution >= 4 is 11.8 Å². The van der Waals surface area contributed by atoms with Gasteiger partial charge in [-0.2, -0.15) is 0 Å². The first-order valence-electron chi connectivity index (χ1n) is 4.32. The summed E-state index contributed by atoms with van der Waals surface area (Å²) in [5.74, 6) is 0. The molecule has 2 heteroatoms. The van der Waals surface area contributed by atoms with Crippen LogP contribution in [0.2, 0.25) is 0 Å². The molecular weight excluding hydrogens is 168 g/mol. The second-order valence-electron chi connectivity index (χ2n) is 3.30. The molecule has 1 N–H and O–H groups in total. The Morgan fingerprint density at radius 2 is 2.33 bits per heavy atom. The van der Waals surface area contributed by atoms with Crippen LogP contribution in [0.15, 0.2) is 23.1 Å². The van der Waals surface area contributed by atoms with Crippen LogP contribution in [0.1, 0.15) is 26.7 Å². The van der Waals surface area contributed by atoms with Crippen molar-refractivity contribution in [1.82, 2.24) is 0 Å². The summed E-state index contributed by atoms with van der Waals surface area (Å²) in [6.45, 7) is 8.53. The van der Waals surface area contributed by atoms with Crippen LogP contribution in [-0.4, -0.2) is 16.5 Å². The number of hydrogen-bond donors (Lipinski definition) is 1. The first-order valence-corrected chi connectivity index (χ1v) is 5.14. The first kappa shape index (κ1) is 9.87. The highest BCUT2D eigenvalue weighted by Crippen LogP contribution is 2.47. The van der Waals surface area contributed by atoms with Gasteiger partial charge in [-0.25, -0.2) is 0 Å². The van der Waals surface area contributed by atoms with E-state index in [0.29, 0.717) is 0 Å². The quantitative estimate of drug-likeness (QED) is 0.727. The SMILES string of the molecule is C=C1C=C(CC)C(C)(CCO)S1. The van der Waals surface area contributed by atoms with Crippen LogP contribution >= 0.6 is 11.8 Å². The van der Waals surface area contributed by atoms with Crippen molar-refractivity contribution in [2.75, 3.05) is 6.61 Å². The molecule has 0 fully saturated rings. The Hall–Kier alpha value is -0.210. The maximum absolute atomic E-state index is 8.92. The zero-order valence-corrected chi connectivity index (χ0v) is 8.58. The molecule has 1 atom stereocenters. The van der Waals surface area contributed by atoms with Crippen LogP contribution in [0.4, 0.5) is 0 Å². The van der Waals surface area contributed by atoms with Crippen molar-refractivity contribution < 1.29 is 5.11 Å². The Morgan fingerprint density at radius 1 is 1.67 bits per heavy atom. The van der Waals surface area contributed by atoms with E-state index in [4.69, 9.17) is 5.11 Å². The summed E-state index contributed by atoms with van der Waals surface area (Å²) in [6.07, 6.45) is 4.04. The molecule has 0 saturated heterocycles. The normalized spacial score (nSPS) is 29.2. The fourth-order valence-corrected chi connectivity index (χ4v) is 2.94. The Balaban J connectivity index is 2.79. The van der Waals surface area contributed by atoms with Gasteiger partial charge in [0.25, 0.3) is 0 Å². The zero-order valence-electron chi connectivity index (χ0n) is 7.76. The molecule has 0 saturated carbocycles. The van der Waals surface area contributed by atoms with Crippen molar-refractivity contribution in [2.45, 2.75) is 31.4 Å². The maximum Gasteiger partial charge on any atom is 0.0447 e. The highest BCUT2D eigenvalue weighted by atomic mass is 32.2. The van der Waals surface area contributed by atoms with E-state index in [1.54, 1.807) is 11.8 Å². The van der Waals surface area contributed by atoms with Crippen molar-refractivity contribution in [3.8, 4) is 0 Å². The molecule has 0 aromatic carbocycles. The number of allylic oxidation sites excluding steroid dienone is 1. The second-order valence-corrected chi connectivity index (χ2v) is 4.93. The van der Waals surface area contributed by atoms with Crippen LogP contribution in [0.25, 0.3) is 0 Å². The van der Waals surface area contributed by atoms with E-state index in [9.17, 15) is 0 Å². The molecule has 68 valence electrons. The van der Waals surface area contributed by atoms with E-state index < -0.39 is 0 Å². The Kier molecular flexibility index (Phi) is 3.02. The van der Waals surface area contributed by atoms with E-state index in [2.05, 4.69) is 26.5 Å². The molecule has 0 bridgehead atoms. The van der Waals surface area contributed by atoms with Gasteiger partial charge in [0.1, 0.15) is 0 Å². The van der Waals surface area contributed by atoms with Crippen LogP contribution < -0.4 is 0 Å². The lowest BCUT2D eigenvalue weighted by Gasteiger charge is -2.25. The molecule has 0 aromatic rings. The summed E-state index contributed by atoms with van der Waals surface area (Å²) in [4.78, 5) is 1.13. The molecule has 1 rings (SSSR count). The Labute approximate surface area is 78.6 Å². The fourth-order valence-electron chi connectivity index (χ4n) is 1.63. The predicted molar refractivity (Wildman–Crippen MR) is 55.2 cm³/mol. The molecule has 0 radical (unpaired) electrons. The van der Waals surface area contributed by atoms with Gasteiger partial charge < -0.3 is 5.11 Å². The summed E-state index contributed by atoms with van der Waals surface area (Å²) >= 11 is 1.78. The van der Waals surface area contributed by atoms with Crippen LogP contribution in [-0.2, 0) is 0 Å². The minimum atomic E-state index is 0.112. The highest BCUT2D eigenvalue weighted by molar-refractivity contribution is 8.05. The number of hydrogen-bond acceptors (Lipinski definition) is 2. The molecule has 0 spiro atoms. The standard InChI is InChI=1S/C10H16OS/c1-4-9-7-8(2)12-10(9,3)5-6-11/h7,11H,2,4-6H2,1,3H3. The van der Waals surface area contributed by atoms with Gasteiger partial charge in [0, 0.05) is 16.3 Å². The molecule has 1 nitrogen and oxygen atoms in total. The van der Waals surface area contributed by atoms with Gasteiger partial charge in [-0.05, 0) is 25.8 Å². The third-order valence-corrected chi connectivity index (χ3v) is 3.64. The summed E-state index contributed by atoms with van der Waals surface area (Å²) in [6, 6.07) is 0. The largest absolute Gasteiger partial charge is 0.396 e. The number of aliphatic hydroxyl groups is 1. The summed E-state index contributed by atoms with van der Waals surface area (Å²) in [5.41, 5.74) is 1.41. The molecule has 1 unspecified atom stereocenters. The molecule has 12 heavy (non-hydrogen) atoms. The molecule has 1 aliphatic heterocycles. The lowest BCUT2D eigenvalue weighted by molar-refractivity contribution is 0.278. The maximum atomic E-state index is 8.92. The van der Waals surface area contributed by atoms with Crippen molar-refractivity contribution in [3.05, 3.63) is 23.1 Å².